The smallest absolute Gasteiger partial charge is 0.239 e. The average Bonchev–Trinajstić information content (AvgIpc) is 2.67. The minimum atomic E-state index is -0.150. The Hall–Kier alpha value is -1.46. The molecule has 2 saturated heterocycles. The molecule has 27 heavy (non-hydrogen) atoms. The molecule has 2 aliphatic rings. The molecule has 0 aliphatic carbocycles. The third-order valence-corrected chi connectivity index (χ3v) is 6.28. The topological polar surface area (TPSA) is 26.8 Å². The van der Waals surface area contributed by atoms with E-state index in [0.717, 1.165) is 70.4 Å². The number of hydrogen-bond acceptors (Lipinski definition) is 3. The second-order valence-corrected chi connectivity index (χ2v) is 8.38. The lowest BCUT2D eigenvalue weighted by Gasteiger charge is -2.37. The predicted molar refractivity (Wildman–Crippen MR) is 107 cm³/mol. The number of amides is 1. The molecule has 1 amide bonds. The van der Waals surface area contributed by atoms with Crippen LogP contribution >= 0.6 is 0 Å². The number of carbonyl (C=O) groups excluding carboxylic acids is 1. The zero-order chi connectivity index (χ0) is 19.2. The van der Waals surface area contributed by atoms with Crippen LogP contribution in [-0.4, -0.2) is 73.5 Å². The first-order valence-corrected chi connectivity index (χ1v) is 10.4. The molecule has 1 aromatic rings. The molecule has 0 bridgehead atoms. The maximum atomic E-state index is 13.3. The largest absolute Gasteiger partial charge is 0.344 e. The number of likely N-dealkylation sites (tertiary alicyclic amines) is 2. The van der Waals surface area contributed by atoms with Crippen molar-refractivity contribution in [2.24, 2.45) is 5.92 Å². The number of benzene rings is 1. The van der Waals surface area contributed by atoms with Gasteiger partial charge in [0.05, 0.1) is 6.04 Å². The number of piperidine rings is 2. The van der Waals surface area contributed by atoms with Gasteiger partial charge in [-0.2, -0.15) is 0 Å². The van der Waals surface area contributed by atoms with Crippen molar-refractivity contribution in [3.63, 3.8) is 0 Å². The highest BCUT2D eigenvalue weighted by Gasteiger charge is 2.30. The normalized spacial score (nSPS) is 22.7. The van der Waals surface area contributed by atoms with Gasteiger partial charge in [0.25, 0.3) is 0 Å². The van der Waals surface area contributed by atoms with Crippen LogP contribution in [0.3, 0.4) is 0 Å². The molecule has 0 saturated carbocycles. The molecular formula is C22H34FN3O. The molecule has 0 radical (unpaired) electrons. The Morgan fingerprint density at radius 2 is 1.96 bits per heavy atom. The Labute approximate surface area is 163 Å². The predicted octanol–water partition coefficient (Wildman–Crippen LogP) is 3.02. The van der Waals surface area contributed by atoms with E-state index in [1.807, 2.05) is 18.0 Å². The van der Waals surface area contributed by atoms with E-state index in [0.29, 0.717) is 11.8 Å². The van der Waals surface area contributed by atoms with Crippen molar-refractivity contribution in [1.29, 1.82) is 0 Å². The number of nitrogens with zero attached hydrogens (tertiary/aromatic N) is 3. The Bertz CT molecular complexity index is 615. The summed E-state index contributed by atoms with van der Waals surface area (Å²) >= 11 is 0. The van der Waals surface area contributed by atoms with Crippen LogP contribution in [0.15, 0.2) is 24.3 Å². The first kappa shape index (κ1) is 20.3. The summed E-state index contributed by atoms with van der Waals surface area (Å²) in [5.41, 5.74) is 1.07. The van der Waals surface area contributed by atoms with Crippen molar-refractivity contribution in [3.05, 3.63) is 35.6 Å². The minimum absolute atomic E-state index is 0.0788. The van der Waals surface area contributed by atoms with Crippen LogP contribution in [0, 0.1) is 11.7 Å². The summed E-state index contributed by atoms with van der Waals surface area (Å²) in [4.78, 5) is 19.4. The molecule has 2 fully saturated rings. The van der Waals surface area contributed by atoms with Crippen molar-refractivity contribution in [2.45, 2.75) is 44.6 Å². The van der Waals surface area contributed by atoms with E-state index in [1.165, 1.54) is 12.5 Å². The molecule has 2 aliphatic heterocycles. The molecule has 5 heteroatoms. The molecule has 1 aromatic carbocycles. The van der Waals surface area contributed by atoms with E-state index in [2.05, 4.69) is 16.8 Å². The molecular weight excluding hydrogens is 341 g/mol. The fourth-order valence-electron chi connectivity index (χ4n) is 4.49. The lowest BCUT2D eigenvalue weighted by atomic mass is 9.95. The van der Waals surface area contributed by atoms with Gasteiger partial charge in [0, 0.05) is 20.1 Å². The quantitative estimate of drug-likeness (QED) is 0.765. The zero-order valence-corrected chi connectivity index (χ0v) is 16.9. The van der Waals surface area contributed by atoms with E-state index in [1.54, 1.807) is 12.1 Å². The van der Waals surface area contributed by atoms with Gasteiger partial charge < -0.3 is 9.80 Å². The molecule has 0 spiro atoms. The fourth-order valence-corrected chi connectivity index (χ4v) is 4.49. The Morgan fingerprint density at radius 3 is 2.67 bits per heavy atom. The Kier molecular flexibility index (Phi) is 7.25. The molecule has 2 heterocycles. The first-order valence-electron chi connectivity index (χ1n) is 10.4. The van der Waals surface area contributed by atoms with Crippen molar-refractivity contribution in [1.82, 2.24) is 14.7 Å². The summed E-state index contributed by atoms with van der Waals surface area (Å²) in [6.07, 6.45) is 6.55. The van der Waals surface area contributed by atoms with Crippen molar-refractivity contribution in [2.75, 3.05) is 46.8 Å². The van der Waals surface area contributed by atoms with Gasteiger partial charge >= 0.3 is 0 Å². The van der Waals surface area contributed by atoms with E-state index in [9.17, 15) is 9.18 Å². The van der Waals surface area contributed by atoms with Gasteiger partial charge in [-0.1, -0.05) is 18.6 Å². The fraction of sp³-hybridized carbons (Fsp3) is 0.682. The van der Waals surface area contributed by atoms with Crippen LogP contribution in [0.2, 0.25) is 0 Å². The molecule has 0 aromatic heterocycles. The van der Waals surface area contributed by atoms with E-state index < -0.39 is 0 Å². The van der Waals surface area contributed by atoms with Gasteiger partial charge in [0.15, 0.2) is 0 Å². The van der Waals surface area contributed by atoms with Gasteiger partial charge in [-0.3, -0.25) is 9.69 Å². The summed E-state index contributed by atoms with van der Waals surface area (Å²) in [5.74, 6) is 0.742. The van der Waals surface area contributed by atoms with Crippen LogP contribution < -0.4 is 0 Å². The summed E-state index contributed by atoms with van der Waals surface area (Å²) in [5, 5.41) is 0. The highest BCUT2D eigenvalue weighted by molar-refractivity contribution is 5.81. The third kappa shape index (κ3) is 5.76. The highest BCUT2D eigenvalue weighted by Crippen LogP contribution is 2.21. The Balaban J connectivity index is 1.39. The van der Waals surface area contributed by atoms with E-state index >= 15 is 0 Å². The monoisotopic (exact) mass is 375 g/mol. The summed E-state index contributed by atoms with van der Waals surface area (Å²) in [6, 6.07) is 7.00. The standard InChI is InChI=1S/C22H34FN3O/c1-24-12-4-3-8-21(24)22(27)25(2)17-19-10-14-26(15-11-19)13-9-18-6-5-7-20(23)16-18/h5-7,16,19,21H,3-4,8-15,17H2,1-2H3/t21-/m1/s1. The van der Waals surface area contributed by atoms with Crippen LogP contribution in [0.4, 0.5) is 4.39 Å². The third-order valence-electron chi connectivity index (χ3n) is 6.28. The van der Waals surface area contributed by atoms with E-state index in [4.69, 9.17) is 0 Å². The lowest BCUT2D eigenvalue weighted by Crippen LogP contribution is -2.49. The van der Waals surface area contributed by atoms with E-state index in [-0.39, 0.29) is 11.9 Å². The molecule has 4 nitrogen and oxygen atoms in total. The summed E-state index contributed by atoms with van der Waals surface area (Å²) < 4.78 is 13.3. The van der Waals surface area contributed by atoms with Crippen LogP contribution in [0.25, 0.3) is 0 Å². The van der Waals surface area contributed by atoms with Gasteiger partial charge in [-0.25, -0.2) is 4.39 Å². The molecule has 0 unspecified atom stereocenters. The van der Waals surface area contributed by atoms with Gasteiger partial charge in [0.1, 0.15) is 5.82 Å². The maximum Gasteiger partial charge on any atom is 0.239 e. The number of halogens is 1. The summed E-state index contributed by atoms with van der Waals surface area (Å²) in [7, 11) is 4.05. The SMILES string of the molecule is CN(CC1CCN(CCc2cccc(F)c2)CC1)C(=O)[C@H]1CCCCN1C. The number of carbonyl (C=O) groups is 1. The number of rotatable bonds is 6. The van der Waals surface area contributed by atoms with Crippen LogP contribution in [0.1, 0.15) is 37.7 Å². The van der Waals surface area contributed by atoms with Crippen molar-refractivity contribution >= 4 is 5.91 Å². The second kappa shape index (κ2) is 9.65. The first-order chi connectivity index (χ1) is 13.0. The molecule has 0 N–H and O–H groups in total. The minimum Gasteiger partial charge on any atom is -0.344 e. The second-order valence-electron chi connectivity index (χ2n) is 8.38. The maximum absolute atomic E-state index is 13.3. The summed E-state index contributed by atoms with van der Waals surface area (Å²) in [6.45, 7) is 5.04. The average molecular weight is 376 g/mol. The number of likely N-dealkylation sites (N-methyl/N-ethyl adjacent to an activating group) is 2. The lowest BCUT2D eigenvalue weighted by molar-refractivity contribution is -0.137. The molecule has 1 atom stereocenters. The van der Waals surface area contributed by atoms with Gasteiger partial charge in [0.2, 0.25) is 5.91 Å². The van der Waals surface area contributed by atoms with Crippen molar-refractivity contribution < 1.29 is 9.18 Å². The van der Waals surface area contributed by atoms with Crippen LogP contribution in [0.5, 0.6) is 0 Å². The Morgan fingerprint density at radius 1 is 1.19 bits per heavy atom. The molecule has 150 valence electrons. The highest BCUT2D eigenvalue weighted by atomic mass is 19.1. The number of hydrogen-bond donors (Lipinski definition) is 0. The van der Waals surface area contributed by atoms with Gasteiger partial charge in [-0.15, -0.1) is 0 Å². The molecule has 3 rings (SSSR count). The van der Waals surface area contributed by atoms with Crippen molar-refractivity contribution in [3.8, 4) is 0 Å². The van der Waals surface area contributed by atoms with Crippen LogP contribution in [-0.2, 0) is 11.2 Å². The zero-order valence-electron chi connectivity index (χ0n) is 16.9. The van der Waals surface area contributed by atoms with Gasteiger partial charge in [-0.05, 0) is 82.4 Å².